The maximum Gasteiger partial charge on any atom is 0.222 e. The van der Waals surface area contributed by atoms with E-state index < -0.39 is 0 Å². The molecule has 1 aliphatic rings. The summed E-state index contributed by atoms with van der Waals surface area (Å²) >= 11 is 1.64. The average molecular weight is 306 g/mol. The lowest BCUT2D eigenvalue weighted by molar-refractivity contribution is 0.464. The first-order valence-corrected chi connectivity index (χ1v) is 8.51. The van der Waals surface area contributed by atoms with Crippen molar-refractivity contribution >= 4 is 17.7 Å². The molecule has 2 aromatic heterocycles. The Bertz CT molecular complexity index is 596. The van der Waals surface area contributed by atoms with Crippen molar-refractivity contribution in [2.45, 2.75) is 62.5 Å². The standard InChI is InChI=1S/C14H22N6S/c1-10(2)20-13(15)16-17-14(20)21-9-11-7-8-19(18-11)12-5-3-4-6-12/h7-8,10,12H,3-6,9H2,1-2H3,(H2,15,16). The fourth-order valence-corrected chi connectivity index (χ4v) is 3.81. The topological polar surface area (TPSA) is 74.6 Å². The summed E-state index contributed by atoms with van der Waals surface area (Å²) in [5.41, 5.74) is 6.94. The average Bonchev–Trinajstić information content (AvgIpc) is 3.16. The van der Waals surface area contributed by atoms with Gasteiger partial charge in [0.2, 0.25) is 5.95 Å². The van der Waals surface area contributed by atoms with Crippen LogP contribution in [0.25, 0.3) is 0 Å². The summed E-state index contributed by atoms with van der Waals surface area (Å²) in [6, 6.07) is 2.96. The van der Waals surface area contributed by atoms with Crippen molar-refractivity contribution in [3.63, 3.8) is 0 Å². The number of hydrogen-bond donors (Lipinski definition) is 1. The van der Waals surface area contributed by atoms with Gasteiger partial charge in [-0.05, 0) is 32.8 Å². The molecule has 0 unspecified atom stereocenters. The van der Waals surface area contributed by atoms with Gasteiger partial charge in [0.15, 0.2) is 5.16 Å². The second-order valence-electron chi connectivity index (χ2n) is 5.82. The monoisotopic (exact) mass is 306 g/mol. The van der Waals surface area contributed by atoms with Crippen molar-refractivity contribution in [3.05, 3.63) is 18.0 Å². The number of thioether (sulfide) groups is 1. The fourth-order valence-electron chi connectivity index (χ4n) is 2.84. The van der Waals surface area contributed by atoms with E-state index in [4.69, 9.17) is 10.8 Å². The number of nitrogens with two attached hydrogens (primary N) is 1. The lowest BCUT2D eigenvalue weighted by Crippen LogP contribution is -2.07. The molecule has 2 N–H and O–H groups in total. The lowest BCUT2D eigenvalue weighted by atomic mass is 10.3. The first-order chi connectivity index (χ1) is 10.1. The quantitative estimate of drug-likeness (QED) is 0.859. The summed E-state index contributed by atoms with van der Waals surface area (Å²) in [4.78, 5) is 0. The molecule has 0 aliphatic heterocycles. The van der Waals surface area contributed by atoms with Crippen LogP contribution in [0.15, 0.2) is 17.4 Å². The highest BCUT2D eigenvalue weighted by Crippen LogP contribution is 2.30. The van der Waals surface area contributed by atoms with Crippen molar-refractivity contribution < 1.29 is 0 Å². The van der Waals surface area contributed by atoms with E-state index in [0.29, 0.717) is 12.0 Å². The van der Waals surface area contributed by atoms with Crippen LogP contribution in [0.2, 0.25) is 0 Å². The molecule has 2 heterocycles. The molecular formula is C14H22N6S. The van der Waals surface area contributed by atoms with Crippen LogP contribution >= 0.6 is 11.8 Å². The Balaban J connectivity index is 1.65. The largest absolute Gasteiger partial charge is 0.368 e. The van der Waals surface area contributed by atoms with Crippen LogP contribution in [-0.4, -0.2) is 24.5 Å². The first-order valence-electron chi connectivity index (χ1n) is 7.52. The molecule has 2 aromatic rings. The molecule has 3 rings (SSSR count). The van der Waals surface area contributed by atoms with E-state index >= 15 is 0 Å². The Hall–Kier alpha value is -1.50. The zero-order chi connectivity index (χ0) is 14.8. The van der Waals surface area contributed by atoms with Crippen molar-refractivity contribution in [1.82, 2.24) is 24.5 Å². The van der Waals surface area contributed by atoms with E-state index in [1.807, 2.05) is 4.57 Å². The third-order valence-corrected chi connectivity index (χ3v) is 4.90. The third-order valence-electron chi connectivity index (χ3n) is 3.92. The minimum atomic E-state index is 0.263. The molecule has 0 atom stereocenters. The summed E-state index contributed by atoms with van der Waals surface area (Å²) in [6.45, 7) is 4.16. The Morgan fingerprint density at radius 3 is 2.81 bits per heavy atom. The molecule has 114 valence electrons. The second-order valence-corrected chi connectivity index (χ2v) is 6.76. The SMILES string of the molecule is CC(C)n1c(N)nnc1SCc1ccn(C2CCCC2)n1. The van der Waals surface area contributed by atoms with Gasteiger partial charge in [-0.2, -0.15) is 5.10 Å². The Morgan fingerprint density at radius 1 is 1.33 bits per heavy atom. The number of anilines is 1. The number of nitrogens with zero attached hydrogens (tertiary/aromatic N) is 5. The minimum absolute atomic E-state index is 0.263. The van der Waals surface area contributed by atoms with E-state index in [1.54, 1.807) is 11.8 Å². The third kappa shape index (κ3) is 3.07. The van der Waals surface area contributed by atoms with Crippen LogP contribution in [0.1, 0.15) is 57.3 Å². The second kappa shape index (κ2) is 6.09. The maximum atomic E-state index is 5.85. The van der Waals surface area contributed by atoms with Gasteiger partial charge in [-0.3, -0.25) is 9.25 Å². The van der Waals surface area contributed by atoms with Crippen LogP contribution in [0.5, 0.6) is 0 Å². The molecule has 0 spiro atoms. The molecule has 1 fully saturated rings. The molecule has 1 saturated carbocycles. The predicted molar refractivity (Wildman–Crippen MR) is 84.1 cm³/mol. The van der Waals surface area contributed by atoms with E-state index in [2.05, 4.69) is 41.0 Å². The van der Waals surface area contributed by atoms with Gasteiger partial charge in [0.1, 0.15) is 0 Å². The molecule has 6 nitrogen and oxygen atoms in total. The first kappa shape index (κ1) is 14.4. The van der Waals surface area contributed by atoms with Gasteiger partial charge in [0, 0.05) is 18.0 Å². The lowest BCUT2D eigenvalue weighted by Gasteiger charge is -2.11. The highest BCUT2D eigenvalue weighted by atomic mass is 32.2. The van der Waals surface area contributed by atoms with Gasteiger partial charge in [0.05, 0.1) is 11.7 Å². The zero-order valence-electron chi connectivity index (χ0n) is 12.6. The summed E-state index contributed by atoms with van der Waals surface area (Å²) in [5, 5.41) is 13.7. The van der Waals surface area contributed by atoms with Crippen LogP contribution in [0.4, 0.5) is 5.95 Å². The molecule has 0 saturated heterocycles. The molecule has 0 aromatic carbocycles. The Kier molecular flexibility index (Phi) is 4.19. The smallest absolute Gasteiger partial charge is 0.222 e. The van der Waals surface area contributed by atoms with Crippen LogP contribution in [0.3, 0.4) is 0 Å². The van der Waals surface area contributed by atoms with E-state index in [0.717, 1.165) is 16.6 Å². The van der Waals surface area contributed by atoms with E-state index in [9.17, 15) is 0 Å². The molecule has 0 amide bonds. The number of nitrogen functional groups attached to an aromatic ring is 1. The Labute approximate surface area is 129 Å². The zero-order valence-corrected chi connectivity index (χ0v) is 13.4. The maximum absolute atomic E-state index is 5.85. The summed E-state index contributed by atoms with van der Waals surface area (Å²) < 4.78 is 4.09. The normalized spacial score (nSPS) is 16.1. The van der Waals surface area contributed by atoms with Crippen molar-refractivity contribution in [2.24, 2.45) is 0 Å². The van der Waals surface area contributed by atoms with E-state index in [-0.39, 0.29) is 6.04 Å². The number of aromatic nitrogens is 5. The van der Waals surface area contributed by atoms with Crippen molar-refractivity contribution in [2.75, 3.05) is 5.73 Å². The van der Waals surface area contributed by atoms with Gasteiger partial charge < -0.3 is 5.73 Å². The van der Waals surface area contributed by atoms with Crippen LogP contribution in [0, 0.1) is 0 Å². The van der Waals surface area contributed by atoms with Crippen LogP contribution in [-0.2, 0) is 5.75 Å². The highest BCUT2D eigenvalue weighted by molar-refractivity contribution is 7.98. The minimum Gasteiger partial charge on any atom is -0.368 e. The Morgan fingerprint density at radius 2 is 2.10 bits per heavy atom. The summed E-state index contributed by atoms with van der Waals surface area (Å²) in [5.74, 6) is 1.27. The summed E-state index contributed by atoms with van der Waals surface area (Å²) in [6.07, 6.45) is 7.27. The van der Waals surface area contributed by atoms with Gasteiger partial charge in [-0.25, -0.2) is 0 Å². The van der Waals surface area contributed by atoms with Crippen LogP contribution < -0.4 is 5.73 Å². The highest BCUT2D eigenvalue weighted by Gasteiger charge is 2.18. The molecule has 1 aliphatic carbocycles. The molecule has 0 bridgehead atoms. The van der Waals surface area contributed by atoms with Gasteiger partial charge in [-0.1, -0.05) is 24.6 Å². The molecular weight excluding hydrogens is 284 g/mol. The van der Waals surface area contributed by atoms with Crippen molar-refractivity contribution in [1.29, 1.82) is 0 Å². The molecule has 21 heavy (non-hydrogen) atoms. The molecule has 0 radical (unpaired) electrons. The van der Waals surface area contributed by atoms with Gasteiger partial charge in [-0.15, -0.1) is 10.2 Å². The van der Waals surface area contributed by atoms with Gasteiger partial charge in [0.25, 0.3) is 0 Å². The predicted octanol–water partition coefficient (Wildman–Crippen LogP) is 3.05. The van der Waals surface area contributed by atoms with E-state index in [1.165, 1.54) is 25.7 Å². The fraction of sp³-hybridized carbons (Fsp3) is 0.643. The number of rotatable bonds is 5. The molecule has 7 heteroatoms. The number of hydrogen-bond acceptors (Lipinski definition) is 5. The van der Waals surface area contributed by atoms with Gasteiger partial charge >= 0.3 is 0 Å². The summed E-state index contributed by atoms with van der Waals surface area (Å²) in [7, 11) is 0. The van der Waals surface area contributed by atoms with Crippen molar-refractivity contribution in [3.8, 4) is 0 Å².